The van der Waals surface area contributed by atoms with E-state index in [9.17, 15) is 9.59 Å². The van der Waals surface area contributed by atoms with E-state index in [1.165, 1.54) is 20.3 Å². The fraction of sp³-hybridized carbons (Fsp3) is 0.364. The molecule has 1 aliphatic rings. The van der Waals surface area contributed by atoms with E-state index in [0.29, 0.717) is 16.7 Å². The third kappa shape index (κ3) is 3.85. The van der Waals surface area contributed by atoms with Crippen molar-refractivity contribution in [3.05, 3.63) is 41.5 Å². The second kappa shape index (κ2) is 8.03. The van der Waals surface area contributed by atoms with Gasteiger partial charge in [-0.2, -0.15) is 0 Å². The quantitative estimate of drug-likeness (QED) is 0.653. The Labute approximate surface area is 173 Å². The highest BCUT2D eigenvalue weighted by molar-refractivity contribution is 5.94. The van der Waals surface area contributed by atoms with Crippen molar-refractivity contribution < 1.29 is 37.4 Å². The van der Waals surface area contributed by atoms with Gasteiger partial charge in [0.05, 0.1) is 36.3 Å². The average Bonchev–Trinajstić information content (AvgIpc) is 3.10. The number of hydrogen-bond donors (Lipinski definition) is 0. The zero-order valence-corrected chi connectivity index (χ0v) is 16.7. The van der Waals surface area contributed by atoms with Crippen molar-refractivity contribution in [1.29, 1.82) is 0 Å². The summed E-state index contributed by atoms with van der Waals surface area (Å²) in [6.07, 6.45) is 0. The molecule has 2 aromatic rings. The van der Waals surface area contributed by atoms with Gasteiger partial charge in [0, 0.05) is 11.1 Å². The summed E-state index contributed by atoms with van der Waals surface area (Å²) in [4.78, 5) is 23.9. The minimum atomic E-state index is -2.71. The van der Waals surface area contributed by atoms with Crippen LogP contribution in [0.3, 0.4) is 0 Å². The smallest absolute Gasteiger partial charge is 0.338 e. The molecule has 0 saturated carbocycles. The molecule has 0 N–H and O–H groups in total. The number of cyclic esters (lactones) is 1. The van der Waals surface area contributed by atoms with Crippen LogP contribution in [0.15, 0.2) is 30.3 Å². The summed E-state index contributed by atoms with van der Waals surface area (Å²) in [6, 6.07) is 8.26. The number of carbonyl (C=O) groups is 2. The van der Waals surface area contributed by atoms with Crippen molar-refractivity contribution in [2.24, 2.45) is 5.41 Å². The summed E-state index contributed by atoms with van der Waals surface area (Å²) in [5, 5.41) is 0. The average molecular weight is 403 g/mol. The lowest BCUT2D eigenvalue weighted by molar-refractivity contribution is -0.152. The Kier molecular flexibility index (Phi) is 4.63. The number of ether oxygens (including phenoxy) is 5. The van der Waals surface area contributed by atoms with Crippen LogP contribution in [0.5, 0.6) is 17.2 Å². The first kappa shape index (κ1) is 16.7. The summed E-state index contributed by atoms with van der Waals surface area (Å²) in [6.45, 7) is 3.40. The highest BCUT2D eigenvalue weighted by Gasteiger charge is 2.31. The first-order valence-corrected chi connectivity index (χ1v) is 8.88. The van der Waals surface area contributed by atoms with E-state index in [4.69, 9.17) is 27.8 Å². The predicted octanol–water partition coefficient (Wildman–Crippen LogP) is 3.62. The van der Waals surface area contributed by atoms with Crippen molar-refractivity contribution in [2.75, 3.05) is 27.9 Å². The van der Waals surface area contributed by atoms with Gasteiger partial charge in [-0.25, -0.2) is 4.79 Å². The number of carbonyl (C=O) groups excluding carboxylic acids is 2. The summed E-state index contributed by atoms with van der Waals surface area (Å²) < 4.78 is 48.7. The van der Waals surface area contributed by atoms with Crippen LogP contribution < -0.4 is 14.2 Å². The summed E-state index contributed by atoms with van der Waals surface area (Å²) in [5.74, 6) is -0.645. The maximum Gasteiger partial charge on any atom is 0.338 e. The molecule has 0 aliphatic carbocycles. The monoisotopic (exact) mass is 403 g/mol. The number of methoxy groups -OCH3 is 3. The molecule has 0 saturated heterocycles. The maximum absolute atomic E-state index is 12.1. The first-order chi connectivity index (χ1) is 15.0. The Hall–Kier alpha value is -3.22. The molecule has 0 radical (unpaired) electrons. The highest BCUT2D eigenvalue weighted by atomic mass is 16.5. The van der Waals surface area contributed by atoms with Crippen molar-refractivity contribution in [3.8, 4) is 28.4 Å². The lowest BCUT2D eigenvalue weighted by Gasteiger charge is -2.24. The molecule has 154 valence electrons. The van der Waals surface area contributed by atoms with E-state index in [0.717, 1.165) is 5.56 Å². The van der Waals surface area contributed by atoms with Crippen LogP contribution in [-0.4, -0.2) is 39.8 Å². The van der Waals surface area contributed by atoms with Crippen LogP contribution in [0.25, 0.3) is 11.1 Å². The Bertz CT molecular complexity index is 1040. The van der Waals surface area contributed by atoms with Gasteiger partial charge in [0.1, 0.15) is 13.2 Å². The van der Waals surface area contributed by atoms with Crippen LogP contribution in [0.2, 0.25) is 0 Å². The number of esters is 2. The van der Waals surface area contributed by atoms with E-state index in [1.54, 1.807) is 38.1 Å². The van der Waals surface area contributed by atoms with Crippen LogP contribution in [0, 0.1) is 5.41 Å². The number of fused-ring (bicyclic) bond motifs is 1. The van der Waals surface area contributed by atoms with Gasteiger partial charge in [0.15, 0.2) is 11.5 Å². The topological polar surface area (TPSA) is 80.3 Å². The normalized spacial score (nSPS) is 14.8. The van der Waals surface area contributed by atoms with E-state index < -0.39 is 18.4 Å². The zero-order valence-electron chi connectivity index (χ0n) is 19.7. The molecular formula is C22H24O7. The predicted molar refractivity (Wildman–Crippen MR) is 105 cm³/mol. The molecular weight excluding hydrogens is 376 g/mol. The Morgan fingerprint density at radius 2 is 1.90 bits per heavy atom. The Morgan fingerprint density at radius 1 is 1.14 bits per heavy atom. The molecule has 0 unspecified atom stereocenters. The van der Waals surface area contributed by atoms with Gasteiger partial charge < -0.3 is 23.7 Å². The van der Waals surface area contributed by atoms with Crippen molar-refractivity contribution in [3.63, 3.8) is 0 Å². The largest absolute Gasteiger partial charge is 0.493 e. The van der Waals surface area contributed by atoms with Gasteiger partial charge in [-0.15, -0.1) is 0 Å². The van der Waals surface area contributed by atoms with Crippen molar-refractivity contribution in [1.82, 2.24) is 0 Å². The lowest BCUT2D eigenvalue weighted by atomic mass is 9.95. The number of rotatable bonds is 7. The van der Waals surface area contributed by atoms with Crippen molar-refractivity contribution in [2.45, 2.75) is 20.5 Å². The number of benzene rings is 2. The summed E-state index contributed by atoms with van der Waals surface area (Å²) in [5.41, 5.74) is 1.46. The molecule has 7 nitrogen and oxygen atoms in total. The fourth-order valence-corrected chi connectivity index (χ4v) is 3.08. The molecule has 0 amide bonds. The molecule has 7 heteroatoms. The van der Waals surface area contributed by atoms with Gasteiger partial charge in [-0.3, -0.25) is 4.79 Å². The molecule has 0 atom stereocenters. The lowest BCUT2D eigenvalue weighted by Crippen LogP contribution is -2.32. The van der Waals surface area contributed by atoms with Gasteiger partial charge in [-0.1, -0.05) is 6.07 Å². The molecule has 29 heavy (non-hydrogen) atoms. The van der Waals surface area contributed by atoms with E-state index in [1.807, 2.05) is 0 Å². The zero-order chi connectivity index (χ0) is 23.7. The molecule has 0 bridgehead atoms. The van der Waals surface area contributed by atoms with Gasteiger partial charge in [-0.05, 0) is 43.7 Å². The minimum Gasteiger partial charge on any atom is -0.493 e. The van der Waals surface area contributed by atoms with Crippen LogP contribution >= 0.6 is 0 Å². The molecule has 0 fully saturated rings. The standard InChI is InChI=1S/C22H24O7/c1-22(2,21(24)27-5)12-29-18-15(8-9-17(25-3)19(18)26-4)13-6-7-16-14(10-13)11-28-20(16)23/h6-10H,11-12H2,1-5H3/i3D3. The summed E-state index contributed by atoms with van der Waals surface area (Å²) in [7, 11) is -0.0591. The third-order valence-electron chi connectivity index (χ3n) is 4.70. The minimum absolute atomic E-state index is 0.0400. The maximum atomic E-state index is 12.1. The highest BCUT2D eigenvalue weighted by Crippen LogP contribution is 2.45. The van der Waals surface area contributed by atoms with Crippen LogP contribution in [-0.2, 0) is 20.9 Å². The third-order valence-corrected chi connectivity index (χ3v) is 4.70. The van der Waals surface area contributed by atoms with Gasteiger partial charge in [0.25, 0.3) is 0 Å². The fourth-order valence-electron chi connectivity index (χ4n) is 3.08. The van der Waals surface area contributed by atoms with Crippen LogP contribution in [0.4, 0.5) is 0 Å². The second-order valence-corrected chi connectivity index (χ2v) is 7.19. The summed E-state index contributed by atoms with van der Waals surface area (Å²) >= 11 is 0. The Balaban J connectivity index is 2.10. The Morgan fingerprint density at radius 3 is 2.59 bits per heavy atom. The van der Waals surface area contributed by atoms with Crippen molar-refractivity contribution >= 4 is 11.9 Å². The second-order valence-electron chi connectivity index (χ2n) is 7.19. The SMILES string of the molecule is [2H]C([2H])([2H])Oc1ccc(-c2ccc3c(c2)COC3=O)c(OCC(C)(C)C(=O)OC)c1OC. The number of hydrogen-bond acceptors (Lipinski definition) is 7. The first-order valence-electron chi connectivity index (χ1n) is 10.4. The van der Waals surface area contributed by atoms with Crippen LogP contribution in [0.1, 0.15) is 33.9 Å². The van der Waals surface area contributed by atoms with E-state index in [-0.39, 0.29) is 36.4 Å². The molecule has 0 aromatic heterocycles. The molecule has 3 rings (SSSR count). The van der Waals surface area contributed by atoms with E-state index >= 15 is 0 Å². The molecule has 1 aliphatic heterocycles. The molecule has 2 aromatic carbocycles. The molecule has 0 spiro atoms. The van der Waals surface area contributed by atoms with Gasteiger partial charge >= 0.3 is 11.9 Å². The van der Waals surface area contributed by atoms with E-state index in [2.05, 4.69) is 0 Å². The van der Waals surface area contributed by atoms with Gasteiger partial charge in [0.2, 0.25) is 5.75 Å². The molecule has 1 heterocycles.